The van der Waals surface area contributed by atoms with Crippen molar-refractivity contribution in [2.24, 2.45) is 5.92 Å². The molecular weight excluding hydrogens is 288 g/mol. The summed E-state index contributed by atoms with van der Waals surface area (Å²) in [6.07, 6.45) is 1.82. The van der Waals surface area contributed by atoms with E-state index in [0.717, 1.165) is 25.9 Å². The number of nitrogens with zero attached hydrogens (tertiary/aromatic N) is 1. The molecule has 1 amide bonds. The van der Waals surface area contributed by atoms with Crippen LogP contribution in [0.25, 0.3) is 0 Å². The molecule has 1 fully saturated rings. The number of aryl methyl sites for hydroxylation is 1. The Hall–Kier alpha value is -1.71. The number of carbonyl (C=O) groups is 1. The smallest absolute Gasteiger partial charge is 0.407 e. The van der Waals surface area contributed by atoms with Crippen molar-refractivity contribution < 1.29 is 9.53 Å². The van der Waals surface area contributed by atoms with Crippen molar-refractivity contribution >= 4 is 11.8 Å². The van der Waals surface area contributed by atoms with Crippen LogP contribution in [0.3, 0.4) is 0 Å². The van der Waals surface area contributed by atoms with Crippen LogP contribution in [0.1, 0.15) is 46.1 Å². The van der Waals surface area contributed by atoms with Crippen molar-refractivity contribution in [3.8, 4) is 0 Å². The highest BCUT2D eigenvalue weighted by molar-refractivity contribution is 5.68. The second-order valence-corrected chi connectivity index (χ2v) is 7.60. The van der Waals surface area contributed by atoms with Gasteiger partial charge in [0.05, 0.1) is 6.04 Å². The van der Waals surface area contributed by atoms with Gasteiger partial charge in [0, 0.05) is 18.8 Å². The summed E-state index contributed by atoms with van der Waals surface area (Å²) >= 11 is 0. The Morgan fingerprint density at radius 2 is 2.09 bits per heavy atom. The van der Waals surface area contributed by atoms with Gasteiger partial charge in [-0.3, -0.25) is 0 Å². The first-order chi connectivity index (χ1) is 10.8. The van der Waals surface area contributed by atoms with Crippen molar-refractivity contribution in [3.63, 3.8) is 0 Å². The molecule has 1 aliphatic rings. The number of carbonyl (C=O) groups excluding carboxylic acids is 1. The van der Waals surface area contributed by atoms with E-state index in [2.05, 4.69) is 48.3 Å². The van der Waals surface area contributed by atoms with Crippen LogP contribution in [-0.4, -0.2) is 30.8 Å². The summed E-state index contributed by atoms with van der Waals surface area (Å²) in [5, 5.41) is 3.05. The Morgan fingerprint density at radius 3 is 2.70 bits per heavy atom. The predicted octanol–water partition coefficient (Wildman–Crippen LogP) is 4.12. The Labute approximate surface area is 140 Å². The lowest BCUT2D eigenvalue weighted by Gasteiger charge is -2.39. The molecule has 4 nitrogen and oxygen atoms in total. The molecule has 0 radical (unpaired) electrons. The quantitative estimate of drug-likeness (QED) is 0.911. The molecule has 23 heavy (non-hydrogen) atoms. The summed E-state index contributed by atoms with van der Waals surface area (Å²) in [7, 11) is 0. The molecule has 1 aromatic carbocycles. The first-order valence-electron chi connectivity index (χ1n) is 8.58. The molecule has 1 heterocycles. The number of alkyl carbamates (subject to hydrolysis) is 1. The molecule has 128 valence electrons. The maximum absolute atomic E-state index is 12.1. The average Bonchev–Trinajstić information content (AvgIpc) is 2.44. The van der Waals surface area contributed by atoms with Gasteiger partial charge >= 0.3 is 6.09 Å². The molecule has 1 N–H and O–H groups in total. The molecule has 0 aliphatic carbocycles. The molecule has 0 bridgehead atoms. The molecule has 2 unspecified atom stereocenters. The number of piperidine rings is 1. The zero-order valence-electron chi connectivity index (χ0n) is 15.1. The van der Waals surface area contributed by atoms with E-state index in [9.17, 15) is 4.79 Å². The third kappa shape index (κ3) is 5.45. The first-order valence-corrected chi connectivity index (χ1v) is 8.58. The lowest BCUT2D eigenvalue weighted by Crippen LogP contribution is -2.51. The van der Waals surface area contributed by atoms with Crippen molar-refractivity contribution in [1.82, 2.24) is 5.32 Å². The van der Waals surface area contributed by atoms with E-state index in [1.165, 1.54) is 11.3 Å². The van der Waals surface area contributed by atoms with E-state index in [1.54, 1.807) is 0 Å². The molecule has 1 aliphatic heterocycles. The van der Waals surface area contributed by atoms with Crippen LogP contribution in [0, 0.1) is 12.8 Å². The summed E-state index contributed by atoms with van der Waals surface area (Å²) < 4.78 is 5.40. The number of benzene rings is 1. The predicted molar refractivity (Wildman–Crippen MR) is 94.9 cm³/mol. The topological polar surface area (TPSA) is 41.6 Å². The van der Waals surface area contributed by atoms with E-state index < -0.39 is 5.60 Å². The maximum atomic E-state index is 12.1. The molecule has 4 heteroatoms. The van der Waals surface area contributed by atoms with Crippen LogP contribution >= 0.6 is 0 Å². The van der Waals surface area contributed by atoms with Crippen LogP contribution in [0.15, 0.2) is 24.3 Å². The van der Waals surface area contributed by atoms with Gasteiger partial charge in [-0.05, 0) is 57.7 Å². The Balaban J connectivity index is 2.05. The first kappa shape index (κ1) is 17.6. The summed E-state index contributed by atoms with van der Waals surface area (Å²) in [6.45, 7) is 11.9. The average molecular weight is 318 g/mol. The normalized spacial score (nSPS) is 21.9. The van der Waals surface area contributed by atoms with Crippen molar-refractivity contribution in [2.45, 2.75) is 59.1 Å². The lowest BCUT2D eigenvalue weighted by atomic mass is 9.91. The van der Waals surface area contributed by atoms with Gasteiger partial charge in [0.25, 0.3) is 0 Å². The fourth-order valence-electron chi connectivity index (χ4n) is 3.11. The van der Waals surface area contributed by atoms with Gasteiger partial charge < -0.3 is 15.0 Å². The minimum absolute atomic E-state index is 0.129. The van der Waals surface area contributed by atoms with Crippen LogP contribution in [0.4, 0.5) is 10.5 Å². The molecule has 2 rings (SSSR count). The number of rotatable bonds is 3. The minimum Gasteiger partial charge on any atom is -0.444 e. The van der Waals surface area contributed by atoms with Gasteiger partial charge in [0.15, 0.2) is 0 Å². The monoisotopic (exact) mass is 318 g/mol. The van der Waals surface area contributed by atoms with E-state index >= 15 is 0 Å². The highest BCUT2D eigenvalue weighted by Gasteiger charge is 2.29. The fraction of sp³-hybridized carbons (Fsp3) is 0.632. The van der Waals surface area contributed by atoms with Crippen LogP contribution in [-0.2, 0) is 4.74 Å². The standard InChI is InChI=1S/C19H30N2O2/c1-6-15-11-16(20-18(22)23-19(3,4)5)13-21(12-15)17-9-7-8-14(2)10-17/h7-10,15-16H,6,11-13H2,1-5H3,(H,20,22). The highest BCUT2D eigenvalue weighted by atomic mass is 16.6. The highest BCUT2D eigenvalue weighted by Crippen LogP contribution is 2.26. The number of nitrogens with one attached hydrogen (secondary N) is 1. The third-order valence-corrected chi connectivity index (χ3v) is 4.20. The Kier molecular flexibility index (Phi) is 5.55. The van der Waals surface area contributed by atoms with Crippen molar-refractivity contribution in [2.75, 3.05) is 18.0 Å². The second kappa shape index (κ2) is 7.24. The zero-order valence-corrected chi connectivity index (χ0v) is 15.1. The van der Waals surface area contributed by atoms with E-state index in [4.69, 9.17) is 4.74 Å². The maximum Gasteiger partial charge on any atom is 0.407 e. The number of anilines is 1. The lowest BCUT2D eigenvalue weighted by molar-refractivity contribution is 0.0493. The molecule has 0 aromatic heterocycles. The van der Waals surface area contributed by atoms with Gasteiger partial charge in [-0.15, -0.1) is 0 Å². The fourth-order valence-corrected chi connectivity index (χ4v) is 3.11. The molecular formula is C19H30N2O2. The summed E-state index contributed by atoms with van der Waals surface area (Å²) in [5.74, 6) is 0.587. The molecule has 0 spiro atoms. The van der Waals surface area contributed by atoms with E-state index in [1.807, 2.05) is 20.8 Å². The minimum atomic E-state index is -0.459. The number of hydrogen-bond donors (Lipinski definition) is 1. The summed E-state index contributed by atoms with van der Waals surface area (Å²) in [5.41, 5.74) is 2.04. The van der Waals surface area contributed by atoms with Gasteiger partial charge in [0.1, 0.15) is 5.60 Å². The Morgan fingerprint density at radius 1 is 1.35 bits per heavy atom. The van der Waals surface area contributed by atoms with Gasteiger partial charge in [-0.2, -0.15) is 0 Å². The molecule has 2 atom stereocenters. The largest absolute Gasteiger partial charge is 0.444 e. The van der Waals surface area contributed by atoms with Crippen LogP contribution < -0.4 is 10.2 Å². The van der Waals surface area contributed by atoms with E-state index in [-0.39, 0.29) is 12.1 Å². The number of ether oxygens (including phenoxy) is 1. The SMILES string of the molecule is CCC1CC(NC(=O)OC(C)(C)C)CN(c2cccc(C)c2)C1. The van der Waals surface area contributed by atoms with Gasteiger partial charge in [-0.25, -0.2) is 4.79 Å². The Bertz CT molecular complexity index is 536. The van der Waals surface area contributed by atoms with Crippen LogP contribution in [0.2, 0.25) is 0 Å². The van der Waals surface area contributed by atoms with Gasteiger partial charge in [0.2, 0.25) is 0 Å². The molecule has 1 saturated heterocycles. The third-order valence-electron chi connectivity index (χ3n) is 4.20. The second-order valence-electron chi connectivity index (χ2n) is 7.60. The zero-order chi connectivity index (χ0) is 17.0. The number of amides is 1. The van der Waals surface area contributed by atoms with E-state index in [0.29, 0.717) is 5.92 Å². The summed E-state index contributed by atoms with van der Waals surface area (Å²) in [4.78, 5) is 14.4. The molecule has 1 aromatic rings. The van der Waals surface area contributed by atoms with Gasteiger partial charge in [-0.1, -0.05) is 25.5 Å². The summed E-state index contributed by atoms with van der Waals surface area (Å²) in [6, 6.07) is 8.69. The van der Waals surface area contributed by atoms with Crippen molar-refractivity contribution in [1.29, 1.82) is 0 Å². The van der Waals surface area contributed by atoms with Crippen molar-refractivity contribution in [3.05, 3.63) is 29.8 Å². The number of hydrogen-bond acceptors (Lipinski definition) is 3. The van der Waals surface area contributed by atoms with Crippen LogP contribution in [0.5, 0.6) is 0 Å². The molecule has 0 saturated carbocycles.